The van der Waals surface area contributed by atoms with E-state index < -0.39 is 0 Å². The average Bonchev–Trinajstić information content (AvgIpc) is 3.03. The van der Waals surface area contributed by atoms with Crippen LogP contribution in [0.25, 0.3) is 0 Å². The van der Waals surface area contributed by atoms with Gasteiger partial charge in [0.05, 0.1) is 19.3 Å². The lowest BCUT2D eigenvalue weighted by Crippen LogP contribution is -2.23. The van der Waals surface area contributed by atoms with Crippen molar-refractivity contribution in [2.45, 2.75) is 45.1 Å². The second-order valence-electron chi connectivity index (χ2n) is 5.95. The zero-order valence-corrected chi connectivity index (χ0v) is 13.4. The molecule has 0 amide bonds. The van der Waals surface area contributed by atoms with Crippen molar-refractivity contribution >= 4 is 0 Å². The summed E-state index contributed by atoms with van der Waals surface area (Å²) in [6.45, 7) is 4.55. The van der Waals surface area contributed by atoms with Crippen molar-refractivity contribution < 1.29 is 9.47 Å². The first-order valence-electron chi connectivity index (χ1n) is 8.31. The summed E-state index contributed by atoms with van der Waals surface area (Å²) in [6.07, 6.45) is 6.47. The highest BCUT2D eigenvalue weighted by Crippen LogP contribution is 2.25. The Morgan fingerprint density at radius 3 is 2.52 bits per heavy atom. The van der Waals surface area contributed by atoms with Gasteiger partial charge in [-0.1, -0.05) is 31.9 Å². The molecule has 3 nitrogen and oxygen atoms in total. The van der Waals surface area contributed by atoms with E-state index in [0.717, 1.165) is 37.9 Å². The highest BCUT2D eigenvalue weighted by Gasteiger charge is 2.16. The maximum atomic E-state index is 5.93. The first kappa shape index (κ1) is 16.3. The second kappa shape index (κ2) is 9.06. The lowest BCUT2D eigenvalue weighted by atomic mass is 10.1. The van der Waals surface area contributed by atoms with E-state index in [4.69, 9.17) is 9.47 Å². The topological polar surface area (TPSA) is 30.5 Å². The molecule has 0 saturated heterocycles. The third-order valence-corrected chi connectivity index (χ3v) is 4.22. The van der Waals surface area contributed by atoms with Crippen LogP contribution >= 0.6 is 0 Å². The summed E-state index contributed by atoms with van der Waals surface area (Å²) < 4.78 is 11.5. The van der Waals surface area contributed by atoms with Gasteiger partial charge in [-0.3, -0.25) is 0 Å². The summed E-state index contributed by atoms with van der Waals surface area (Å²) >= 11 is 0. The van der Waals surface area contributed by atoms with E-state index in [1.807, 2.05) is 19.2 Å². The predicted molar refractivity (Wildman–Crippen MR) is 86.8 cm³/mol. The molecule has 0 radical (unpaired) electrons. The van der Waals surface area contributed by atoms with Crippen LogP contribution in [0, 0.1) is 5.92 Å². The third-order valence-electron chi connectivity index (χ3n) is 4.22. The van der Waals surface area contributed by atoms with E-state index >= 15 is 0 Å². The Labute approximate surface area is 129 Å². The van der Waals surface area contributed by atoms with Gasteiger partial charge in [0.1, 0.15) is 5.75 Å². The van der Waals surface area contributed by atoms with Gasteiger partial charge in [-0.25, -0.2) is 0 Å². The summed E-state index contributed by atoms with van der Waals surface area (Å²) in [4.78, 5) is 0. The van der Waals surface area contributed by atoms with E-state index in [1.165, 1.54) is 31.2 Å². The van der Waals surface area contributed by atoms with Crippen LogP contribution in [0.15, 0.2) is 24.3 Å². The first-order chi connectivity index (χ1) is 10.3. The molecule has 1 N–H and O–H groups in total. The van der Waals surface area contributed by atoms with Gasteiger partial charge >= 0.3 is 0 Å². The number of nitrogens with one attached hydrogen (secondary N) is 1. The molecule has 1 saturated carbocycles. The number of hydrogen-bond donors (Lipinski definition) is 1. The van der Waals surface area contributed by atoms with Crippen LogP contribution in [0.2, 0.25) is 0 Å². The smallest absolute Gasteiger partial charge is 0.119 e. The van der Waals surface area contributed by atoms with E-state index in [-0.39, 0.29) is 6.04 Å². The van der Waals surface area contributed by atoms with E-state index in [1.54, 1.807) is 0 Å². The molecule has 2 rings (SSSR count). The fourth-order valence-corrected chi connectivity index (χ4v) is 2.89. The Balaban J connectivity index is 1.78. The van der Waals surface area contributed by atoms with Gasteiger partial charge in [0, 0.05) is 6.61 Å². The van der Waals surface area contributed by atoms with Crippen molar-refractivity contribution in [2.24, 2.45) is 5.92 Å². The molecule has 1 unspecified atom stereocenters. The Bertz CT molecular complexity index is 385. The van der Waals surface area contributed by atoms with Gasteiger partial charge in [0.25, 0.3) is 0 Å². The van der Waals surface area contributed by atoms with Gasteiger partial charge in [0.2, 0.25) is 0 Å². The molecule has 1 atom stereocenters. The standard InChI is InChI=1S/C18H29NO2/c1-3-12-21-17-10-8-16(9-11-17)18(19-2)14-20-13-15-6-4-5-7-15/h8-11,15,18-19H,3-7,12-14H2,1-2H3. The van der Waals surface area contributed by atoms with Crippen molar-refractivity contribution in [1.82, 2.24) is 5.32 Å². The molecule has 3 heteroatoms. The Kier molecular flexibility index (Phi) is 7.04. The van der Waals surface area contributed by atoms with Crippen LogP contribution in [0.4, 0.5) is 0 Å². The van der Waals surface area contributed by atoms with Gasteiger partial charge in [-0.05, 0) is 49.9 Å². The third kappa shape index (κ3) is 5.33. The largest absolute Gasteiger partial charge is 0.494 e. The highest BCUT2D eigenvalue weighted by atomic mass is 16.5. The van der Waals surface area contributed by atoms with Crippen LogP contribution in [-0.4, -0.2) is 26.9 Å². The molecule has 1 fully saturated rings. The molecular weight excluding hydrogens is 262 g/mol. The van der Waals surface area contributed by atoms with E-state index in [0.29, 0.717) is 0 Å². The molecule has 0 bridgehead atoms. The van der Waals surface area contributed by atoms with Crippen molar-refractivity contribution in [3.63, 3.8) is 0 Å². The van der Waals surface area contributed by atoms with Crippen LogP contribution in [-0.2, 0) is 4.74 Å². The van der Waals surface area contributed by atoms with Crippen molar-refractivity contribution in [2.75, 3.05) is 26.9 Å². The van der Waals surface area contributed by atoms with Crippen molar-refractivity contribution in [1.29, 1.82) is 0 Å². The second-order valence-corrected chi connectivity index (χ2v) is 5.95. The first-order valence-corrected chi connectivity index (χ1v) is 8.31. The van der Waals surface area contributed by atoms with Crippen LogP contribution in [0.5, 0.6) is 5.75 Å². The summed E-state index contributed by atoms with van der Waals surface area (Å²) in [5, 5.41) is 3.34. The fourth-order valence-electron chi connectivity index (χ4n) is 2.89. The molecule has 0 heterocycles. The predicted octanol–water partition coefficient (Wildman–Crippen LogP) is 3.94. The van der Waals surface area contributed by atoms with E-state index in [9.17, 15) is 0 Å². The molecule has 0 aliphatic heterocycles. The molecule has 0 spiro atoms. The van der Waals surface area contributed by atoms with Gasteiger partial charge in [-0.15, -0.1) is 0 Å². The number of ether oxygens (including phenoxy) is 2. The molecule has 21 heavy (non-hydrogen) atoms. The summed E-state index contributed by atoms with van der Waals surface area (Å²) in [7, 11) is 1.99. The Morgan fingerprint density at radius 1 is 1.19 bits per heavy atom. The zero-order chi connectivity index (χ0) is 14.9. The van der Waals surface area contributed by atoms with Crippen LogP contribution in [0.1, 0.15) is 50.6 Å². The number of likely N-dealkylation sites (N-methyl/N-ethyl adjacent to an activating group) is 1. The van der Waals surface area contributed by atoms with Crippen molar-refractivity contribution in [3.8, 4) is 5.75 Å². The molecule has 1 aromatic carbocycles. The molecule has 118 valence electrons. The Hall–Kier alpha value is -1.06. The number of benzene rings is 1. The lowest BCUT2D eigenvalue weighted by Gasteiger charge is -2.19. The monoisotopic (exact) mass is 291 g/mol. The normalized spacial score (nSPS) is 17.0. The minimum atomic E-state index is 0.256. The quantitative estimate of drug-likeness (QED) is 0.747. The maximum absolute atomic E-state index is 5.93. The molecule has 0 aromatic heterocycles. The fraction of sp³-hybridized carbons (Fsp3) is 0.667. The van der Waals surface area contributed by atoms with Crippen molar-refractivity contribution in [3.05, 3.63) is 29.8 Å². The van der Waals surface area contributed by atoms with Crippen LogP contribution < -0.4 is 10.1 Å². The summed E-state index contributed by atoms with van der Waals surface area (Å²) in [6, 6.07) is 8.61. The van der Waals surface area contributed by atoms with E-state index in [2.05, 4.69) is 24.4 Å². The van der Waals surface area contributed by atoms with Gasteiger partial charge < -0.3 is 14.8 Å². The zero-order valence-electron chi connectivity index (χ0n) is 13.4. The lowest BCUT2D eigenvalue weighted by molar-refractivity contribution is 0.0844. The minimum absolute atomic E-state index is 0.256. The maximum Gasteiger partial charge on any atom is 0.119 e. The number of hydrogen-bond acceptors (Lipinski definition) is 3. The van der Waals surface area contributed by atoms with Gasteiger partial charge in [-0.2, -0.15) is 0 Å². The summed E-state index contributed by atoms with van der Waals surface area (Å²) in [5.74, 6) is 1.73. The molecule has 1 aliphatic carbocycles. The average molecular weight is 291 g/mol. The Morgan fingerprint density at radius 2 is 1.90 bits per heavy atom. The molecular formula is C18H29NO2. The minimum Gasteiger partial charge on any atom is -0.494 e. The summed E-state index contributed by atoms with van der Waals surface area (Å²) in [5.41, 5.74) is 1.26. The highest BCUT2D eigenvalue weighted by molar-refractivity contribution is 5.29. The molecule has 1 aliphatic rings. The van der Waals surface area contributed by atoms with Gasteiger partial charge in [0.15, 0.2) is 0 Å². The number of rotatable bonds is 9. The molecule has 1 aromatic rings. The SMILES string of the molecule is CCCOc1ccc(C(COCC2CCCC2)NC)cc1. The van der Waals surface area contributed by atoms with Crippen LogP contribution in [0.3, 0.4) is 0 Å².